The molecular formula is C15H28N2O2S. The van der Waals surface area contributed by atoms with Gasteiger partial charge in [0.15, 0.2) is 0 Å². The van der Waals surface area contributed by atoms with E-state index in [1.807, 2.05) is 0 Å². The van der Waals surface area contributed by atoms with Crippen molar-refractivity contribution in [1.82, 2.24) is 9.62 Å². The molecule has 1 N–H and O–H groups in total. The molecule has 0 bridgehead atoms. The van der Waals surface area contributed by atoms with Crippen LogP contribution in [0.5, 0.6) is 0 Å². The molecule has 3 rings (SSSR count). The number of rotatable bonds is 6. The summed E-state index contributed by atoms with van der Waals surface area (Å²) in [5.41, 5.74) is 0.500. The van der Waals surface area contributed by atoms with Crippen LogP contribution in [0, 0.1) is 5.41 Å². The zero-order valence-electron chi connectivity index (χ0n) is 12.4. The Balaban J connectivity index is 1.43. The number of piperidine rings is 1. The van der Waals surface area contributed by atoms with Crippen molar-refractivity contribution in [2.45, 2.75) is 63.8 Å². The highest BCUT2D eigenvalue weighted by atomic mass is 32.2. The summed E-state index contributed by atoms with van der Waals surface area (Å²) in [6.45, 7) is 2.37. The summed E-state index contributed by atoms with van der Waals surface area (Å²) in [4.78, 5) is 0. The molecule has 1 spiro atoms. The summed E-state index contributed by atoms with van der Waals surface area (Å²) in [7, 11) is -3.01. The van der Waals surface area contributed by atoms with Crippen molar-refractivity contribution in [3.63, 3.8) is 0 Å². The maximum absolute atomic E-state index is 12.3. The Bertz CT molecular complexity index is 415. The first-order valence-electron chi connectivity index (χ1n) is 8.31. The summed E-state index contributed by atoms with van der Waals surface area (Å²) < 4.78 is 26.5. The van der Waals surface area contributed by atoms with Crippen molar-refractivity contribution in [1.29, 1.82) is 0 Å². The zero-order chi connectivity index (χ0) is 14.1. The summed E-state index contributed by atoms with van der Waals surface area (Å²) in [6, 6.07) is 0.676. The minimum atomic E-state index is -3.01. The maximum atomic E-state index is 12.3. The van der Waals surface area contributed by atoms with Crippen LogP contribution in [0.25, 0.3) is 0 Å². The van der Waals surface area contributed by atoms with Crippen molar-refractivity contribution in [2.75, 3.05) is 25.4 Å². The fraction of sp³-hybridized carbons (Fsp3) is 1.00. The van der Waals surface area contributed by atoms with Crippen molar-refractivity contribution in [3.8, 4) is 0 Å². The Morgan fingerprint density at radius 3 is 2.30 bits per heavy atom. The molecule has 2 saturated carbocycles. The molecule has 3 aliphatic rings. The molecule has 116 valence electrons. The first-order chi connectivity index (χ1) is 9.60. The van der Waals surface area contributed by atoms with Crippen molar-refractivity contribution < 1.29 is 8.42 Å². The van der Waals surface area contributed by atoms with E-state index < -0.39 is 10.0 Å². The third-order valence-corrected chi connectivity index (χ3v) is 7.39. The lowest BCUT2D eigenvalue weighted by Crippen LogP contribution is -2.43. The van der Waals surface area contributed by atoms with Crippen LogP contribution < -0.4 is 5.32 Å². The molecule has 0 radical (unpaired) electrons. The van der Waals surface area contributed by atoms with Crippen molar-refractivity contribution in [2.24, 2.45) is 5.41 Å². The van der Waals surface area contributed by atoms with Crippen LogP contribution in [0.3, 0.4) is 0 Å². The molecule has 3 fully saturated rings. The second kappa shape index (κ2) is 5.93. The van der Waals surface area contributed by atoms with Gasteiger partial charge in [-0.05, 0) is 56.9 Å². The fourth-order valence-electron chi connectivity index (χ4n) is 3.84. The van der Waals surface area contributed by atoms with E-state index in [1.54, 1.807) is 4.31 Å². The van der Waals surface area contributed by atoms with Crippen LogP contribution in [-0.2, 0) is 10.0 Å². The smallest absolute Gasteiger partial charge is 0.214 e. The highest BCUT2D eigenvalue weighted by Gasteiger charge is 2.39. The molecule has 5 heteroatoms. The molecule has 0 aromatic heterocycles. The first kappa shape index (κ1) is 14.8. The third kappa shape index (κ3) is 3.55. The van der Waals surface area contributed by atoms with Gasteiger partial charge in [-0.25, -0.2) is 12.7 Å². The number of nitrogens with zero attached hydrogens (tertiary/aromatic N) is 1. The molecule has 1 saturated heterocycles. The van der Waals surface area contributed by atoms with Crippen molar-refractivity contribution in [3.05, 3.63) is 0 Å². The van der Waals surface area contributed by atoms with E-state index in [2.05, 4.69) is 5.32 Å². The Morgan fingerprint density at radius 1 is 1.05 bits per heavy atom. The van der Waals surface area contributed by atoms with Crippen LogP contribution in [0.2, 0.25) is 0 Å². The second-order valence-electron chi connectivity index (χ2n) is 7.00. The Kier molecular flexibility index (Phi) is 4.39. The van der Waals surface area contributed by atoms with Gasteiger partial charge in [-0.2, -0.15) is 0 Å². The van der Waals surface area contributed by atoms with E-state index in [9.17, 15) is 8.42 Å². The average molecular weight is 300 g/mol. The predicted molar refractivity (Wildman–Crippen MR) is 81.1 cm³/mol. The Hall–Kier alpha value is -0.130. The first-order valence-corrected chi connectivity index (χ1v) is 9.92. The normalized spacial score (nSPS) is 27.2. The van der Waals surface area contributed by atoms with Gasteiger partial charge in [-0.1, -0.05) is 12.8 Å². The van der Waals surface area contributed by atoms with Gasteiger partial charge in [0.25, 0.3) is 0 Å². The maximum Gasteiger partial charge on any atom is 0.214 e. The van der Waals surface area contributed by atoms with Crippen LogP contribution in [-0.4, -0.2) is 44.2 Å². The molecule has 0 aromatic carbocycles. The number of sulfonamides is 1. The largest absolute Gasteiger partial charge is 0.314 e. The van der Waals surface area contributed by atoms with Crippen LogP contribution in [0.1, 0.15) is 57.8 Å². The highest BCUT2D eigenvalue weighted by Crippen LogP contribution is 2.46. The van der Waals surface area contributed by atoms with Gasteiger partial charge in [-0.3, -0.25) is 0 Å². The minimum Gasteiger partial charge on any atom is -0.314 e. The molecule has 2 aliphatic carbocycles. The fourth-order valence-corrected chi connectivity index (χ4v) is 5.35. The molecule has 0 unspecified atom stereocenters. The van der Waals surface area contributed by atoms with Crippen LogP contribution >= 0.6 is 0 Å². The molecule has 0 aromatic rings. The minimum absolute atomic E-state index is 0.319. The van der Waals surface area contributed by atoms with Crippen LogP contribution in [0.4, 0.5) is 0 Å². The van der Waals surface area contributed by atoms with Gasteiger partial charge in [0.05, 0.1) is 5.75 Å². The topological polar surface area (TPSA) is 49.4 Å². The lowest BCUT2D eigenvalue weighted by atomic mass is 9.78. The quantitative estimate of drug-likeness (QED) is 0.764. The summed E-state index contributed by atoms with van der Waals surface area (Å²) in [5, 5.41) is 3.39. The molecule has 20 heavy (non-hydrogen) atoms. The second-order valence-corrected chi connectivity index (χ2v) is 9.09. The zero-order valence-corrected chi connectivity index (χ0v) is 13.3. The van der Waals surface area contributed by atoms with E-state index in [0.717, 1.165) is 38.9 Å². The molecule has 1 aliphatic heterocycles. The lowest BCUT2D eigenvalue weighted by Gasteiger charge is -2.38. The van der Waals surface area contributed by atoms with E-state index in [1.165, 1.54) is 38.5 Å². The Morgan fingerprint density at radius 2 is 1.70 bits per heavy atom. The molecule has 0 amide bonds. The molecule has 1 heterocycles. The predicted octanol–water partition coefficient (Wildman–Crippen LogP) is 2.11. The average Bonchev–Trinajstić information content (AvgIpc) is 3.16. The SMILES string of the molecule is O=S(=O)(CCCNC1CC1)N1CCC2(CCCC2)CC1. The standard InChI is InChI=1S/C15H28N2O2S/c18-20(19,13-3-10-16-14-4-5-14)17-11-8-15(9-12-17)6-1-2-7-15/h14,16H,1-13H2. The van der Waals surface area contributed by atoms with Gasteiger partial charge in [0, 0.05) is 19.1 Å². The number of nitrogens with one attached hydrogen (secondary N) is 1. The van der Waals surface area contributed by atoms with Gasteiger partial charge >= 0.3 is 0 Å². The van der Waals surface area contributed by atoms with Crippen LogP contribution in [0.15, 0.2) is 0 Å². The third-order valence-electron chi connectivity index (χ3n) is 5.43. The summed E-state index contributed by atoms with van der Waals surface area (Å²) >= 11 is 0. The van der Waals surface area contributed by atoms with E-state index in [-0.39, 0.29) is 0 Å². The van der Waals surface area contributed by atoms with Gasteiger partial charge in [0.2, 0.25) is 10.0 Å². The van der Waals surface area contributed by atoms with E-state index >= 15 is 0 Å². The molecular weight excluding hydrogens is 272 g/mol. The van der Waals surface area contributed by atoms with E-state index in [0.29, 0.717) is 17.2 Å². The summed E-state index contributed by atoms with van der Waals surface area (Å²) in [6.07, 6.45) is 10.8. The number of hydrogen-bond acceptors (Lipinski definition) is 3. The molecule has 0 atom stereocenters. The van der Waals surface area contributed by atoms with Crippen molar-refractivity contribution >= 4 is 10.0 Å². The van der Waals surface area contributed by atoms with Gasteiger partial charge < -0.3 is 5.32 Å². The van der Waals surface area contributed by atoms with Gasteiger partial charge in [0.1, 0.15) is 0 Å². The lowest BCUT2D eigenvalue weighted by molar-refractivity contribution is 0.160. The monoisotopic (exact) mass is 300 g/mol. The summed E-state index contributed by atoms with van der Waals surface area (Å²) in [5.74, 6) is 0.319. The van der Waals surface area contributed by atoms with Gasteiger partial charge in [-0.15, -0.1) is 0 Å². The molecule has 4 nitrogen and oxygen atoms in total. The van der Waals surface area contributed by atoms with E-state index in [4.69, 9.17) is 0 Å². The highest BCUT2D eigenvalue weighted by molar-refractivity contribution is 7.89. The number of hydrogen-bond donors (Lipinski definition) is 1. The Labute approximate surface area is 123 Å².